The van der Waals surface area contributed by atoms with Gasteiger partial charge in [0.05, 0.1) is 28.9 Å². The summed E-state index contributed by atoms with van der Waals surface area (Å²) in [7, 11) is 0. The highest BCUT2D eigenvalue weighted by Crippen LogP contribution is 2.36. The number of amidine groups is 1. The SMILES string of the molecule is N=C(N)c1ccc(N2CCOC3CCCCC32)c(F)c1Br. The fourth-order valence-electron chi connectivity index (χ4n) is 3.36. The number of fused-ring (bicyclic) bond motifs is 1. The van der Waals surface area contributed by atoms with E-state index in [9.17, 15) is 4.39 Å². The molecule has 4 nitrogen and oxygen atoms in total. The topological polar surface area (TPSA) is 62.3 Å². The number of ether oxygens (including phenoxy) is 1. The minimum atomic E-state index is -0.339. The number of nitrogen functional groups attached to an aromatic ring is 1. The molecule has 2 fully saturated rings. The molecule has 3 N–H and O–H groups in total. The molecule has 1 aromatic carbocycles. The normalized spacial score (nSPS) is 25.5. The Balaban J connectivity index is 1.95. The third-order valence-corrected chi connectivity index (χ3v) is 5.17. The predicted molar refractivity (Wildman–Crippen MR) is 84.5 cm³/mol. The lowest BCUT2D eigenvalue weighted by atomic mass is 9.89. The van der Waals surface area contributed by atoms with Crippen LogP contribution in [-0.2, 0) is 4.74 Å². The molecule has 0 radical (unpaired) electrons. The summed E-state index contributed by atoms with van der Waals surface area (Å²) in [5, 5.41) is 7.48. The molecule has 1 heterocycles. The van der Waals surface area contributed by atoms with Crippen molar-refractivity contribution in [1.29, 1.82) is 5.41 Å². The fourth-order valence-corrected chi connectivity index (χ4v) is 3.91. The van der Waals surface area contributed by atoms with Gasteiger partial charge in [-0.25, -0.2) is 4.39 Å². The lowest BCUT2D eigenvalue weighted by Gasteiger charge is -2.45. The van der Waals surface area contributed by atoms with E-state index in [1.807, 2.05) is 0 Å². The number of nitrogens with two attached hydrogens (primary N) is 1. The second-order valence-electron chi connectivity index (χ2n) is 5.63. The molecular formula is C15H19BrFN3O. The number of benzene rings is 1. The van der Waals surface area contributed by atoms with Crippen molar-refractivity contribution >= 4 is 27.5 Å². The Bertz CT molecular complexity index is 564. The van der Waals surface area contributed by atoms with Gasteiger partial charge in [-0.15, -0.1) is 0 Å². The number of hydrogen-bond acceptors (Lipinski definition) is 3. The smallest absolute Gasteiger partial charge is 0.161 e. The van der Waals surface area contributed by atoms with Gasteiger partial charge in [-0.2, -0.15) is 0 Å². The first-order chi connectivity index (χ1) is 10.1. The monoisotopic (exact) mass is 355 g/mol. The van der Waals surface area contributed by atoms with Crippen LogP contribution in [0.3, 0.4) is 0 Å². The van der Waals surface area contributed by atoms with Gasteiger partial charge in [0.25, 0.3) is 0 Å². The van der Waals surface area contributed by atoms with Gasteiger partial charge in [0.2, 0.25) is 0 Å². The number of hydrogen-bond donors (Lipinski definition) is 2. The lowest BCUT2D eigenvalue weighted by molar-refractivity contribution is -0.00891. The number of halogens is 2. The average Bonchev–Trinajstić information content (AvgIpc) is 2.49. The van der Waals surface area contributed by atoms with Gasteiger partial charge in [0.15, 0.2) is 5.82 Å². The van der Waals surface area contributed by atoms with Crippen LogP contribution in [0.5, 0.6) is 0 Å². The number of morpholine rings is 1. The van der Waals surface area contributed by atoms with Gasteiger partial charge in [-0.05, 0) is 40.9 Å². The molecular weight excluding hydrogens is 337 g/mol. The maximum absolute atomic E-state index is 14.7. The fraction of sp³-hybridized carbons (Fsp3) is 0.533. The van der Waals surface area contributed by atoms with E-state index in [0.29, 0.717) is 24.4 Å². The highest BCUT2D eigenvalue weighted by Gasteiger charge is 2.35. The van der Waals surface area contributed by atoms with Crippen LogP contribution in [0.2, 0.25) is 0 Å². The van der Waals surface area contributed by atoms with Gasteiger partial charge in [0.1, 0.15) is 5.84 Å². The van der Waals surface area contributed by atoms with Crippen molar-refractivity contribution in [2.24, 2.45) is 5.73 Å². The summed E-state index contributed by atoms with van der Waals surface area (Å²) in [6.45, 7) is 1.33. The highest BCUT2D eigenvalue weighted by molar-refractivity contribution is 9.10. The molecule has 2 aliphatic rings. The van der Waals surface area contributed by atoms with E-state index in [2.05, 4.69) is 20.8 Å². The number of nitrogens with zero attached hydrogens (tertiary/aromatic N) is 1. The summed E-state index contributed by atoms with van der Waals surface area (Å²) in [5.41, 5.74) is 6.44. The van der Waals surface area contributed by atoms with E-state index in [1.54, 1.807) is 12.1 Å². The van der Waals surface area contributed by atoms with Crippen LogP contribution >= 0.6 is 15.9 Å². The first-order valence-corrected chi connectivity index (χ1v) is 8.09. The Morgan fingerprint density at radius 3 is 2.90 bits per heavy atom. The molecule has 3 rings (SSSR count). The first-order valence-electron chi connectivity index (χ1n) is 7.30. The van der Waals surface area contributed by atoms with E-state index in [1.165, 1.54) is 6.42 Å². The quantitative estimate of drug-likeness (QED) is 0.633. The van der Waals surface area contributed by atoms with Gasteiger partial charge >= 0.3 is 0 Å². The van der Waals surface area contributed by atoms with Crippen molar-refractivity contribution in [3.63, 3.8) is 0 Å². The van der Waals surface area contributed by atoms with E-state index in [4.69, 9.17) is 15.9 Å². The maximum Gasteiger partial charge on any atom is 0.161 e. The summed E-state index contributed by atoms with van der Waals surface area (Å²) in [4.78, 5) is 2.12. The molecule has 1 aliphatic carbocycles. The van der Waals surface area contributed by atoms with Crippen molar-refractivity contribution in [2.75, 3.05) is 18.1 Å². The van der Waals surface area contributed by atoms with Crippen molar-refractivity contribution in [3.8, 4) is 0 Å². The molecule has 0 spiro atoms. The summed E-state index contributed by atoms with van der Waals surface area (Å²) in [5.74, 6) is -0.473. The zero-order valence-electron chi connectivity index (χ0n) is 11.7. The Morgan fingerprint density at radius 1 is 1.38 bits per heavy atom. The largest absolute Gasteiger partial charge is 0.384 e. The number of anilines is 1. The first kappa shape index (κ1) is 14.8. The molecule has 0 bridgehead atoms. The molecule has 21 heavy (non-hydrogen) atoms. The van der Waals surface area contributed by atoms with Crippen LogP contribution in [0.1, 0.15) is 31.2 Å². The molecule has 1 aromatic rings. The Hall–Kier alpha value is -1.14. The molecule has 0 aromatic heterocycles. The molecule has 2 unspecified atom stereocenters. The molecule has 6 heteroatoms. The van der Waals surface area contributed by atoms with Crippen molar-refractivity contribution < 1.29 is 9.13 Å². The third-order valence-electron chi connectivity index (χ3n) is 4.39. The van der Waals surface area contributed by atoms with E-state index >= 15 is 0 Å². The van der Waals surface area contributed by atoms with Crippen LogP contribution in [-0.4, -0.2) is 31.1 Å². The van der Waals surface area contributed by atoms with Crippen molar-refractivity contribution in [1.82, 2.24) is 0 Å². The maximum atomic E-state index is 14.7. The Morgan fingerprint density at radius 2 is 2.14 bits per heavy atom. The summed E-state index contributed by atoms with van der Waals surface area (Å²) in [6, 6.07) is 3.68. The molecule has 0 amide bonds. The molecule has 2 atom stereocenters. The number of nitrogens with one attached hydrogen (secondary N) is 1. The van der Waals surface area contributed by atoms with E-state index < -0.39 is 0 Å². The zero-order chi connectivity index (χ0) is 15.0. The molecule has 114 valence electrons. The summed E-state index contributed by atoms with van der Waals surface area (Å²) in [6.07, 6.45) is 4.64. The second-order valence-corrected chi connectivity index (χ2v) is 6.42. The third kappa shape index (κ3) is 2.66. The Kier molecular flexibility index (Phi) is 4.17. The van der Waals surface area contributed by atoms with Crippen LogP contribution in [0.4, 0.5) is 10.1 Å². The average molecular weight is 356 g/mol. The molecule has 1 saturated carbocycles. The van der Waals surface area contributed by atoms with Crippen molar-refractivity contribution in [3.05, 3.63) is 28.0 Å². The van der Waals surface area contributed by atoms with Crippen LogP contribution in [0, 0.1) is 11.2 Å². The molecule has 1 saturated heterocycles. The van der Waals surface area contributed by atoms with Crippen LogP contribution in [0.15, 0.2) is 16.6 Å². The molecule has 1 aliphatic heterocycles. The highest BCUT2D eigenvalue weighted by atomic mass is 79.9. The number of rotatable bonds is 2. The minimum absolute atomic E-state index is 0.134. The van der Waals surface area contributed by atoms with Crippen molar-refractivity contribution in [2.45, 2.75) is 37.8 Å². The van der Waals surface area contributed by atoms with E-state index in [0.717, 1.165) is 19.3 Å². The predicted octanol–water partition coefficient (Wildman–Crippen LogP) is 3.02. The van der Waals surface area contributed by atoms with Gasteiger partial charge in [0, 0.05) is 12.1 Å². The van der Waals surface area contributed by atoms with Crippen LogP contribution in [0.25, 0.3) is 0 Å². The Labute approximate surface area is 132 Å². The summed E-state index contributed by atoms with van der Waals surface area (Å²) >= 11 is 3.23. The van der Waals surface area contributed by atoms with Gasteiger partial charge in [-0.3, -0.25) is 5.41 Å². The zero-order valence-corrected chi connectivity index (χ0v) is 13.3. The second kappa shape index (κ2) is 5.93. The minimum Gasteiger partial charge on any atom is -0.384 e. The van der Waals surface area contributed by atoms with Crippen LogP contribution < -0.4 is 10.6 Å². The lowest BCUT2D eigenvalue weighted by Crippen LogP contribution is -2.53. The van der Waals surface area contributed by atoms with Gasteiger partial charge < -0.3 is 15.4 Å². The summed E-state index contributed by atoms with van der Waals surface area (Å²) < 4.78 is 20.8. The standard InChI is InChI=1S/C15H19BrFN3O/c16-13-9(15(18)19)5-6-11(14(13)17)20-7-8-21-12-4-2-1-3-10(12)20/h5-6,10,12H,1-4,7-8H2,(H3,18,19). The van der Waals surface area contributed by atoms with E-state index in [-0.39, 0.29) is 28.3 Å². The van der Waals surface area contributed by atoms with Gasteiger partial charge in [-0.1, -0.05) is 12.8 Å².